The zero-order valence-corrected chi connectivity index (χ0v) is 14.1. The van der Waals surface area contributed by atoms with E-state index in [1.54, 1.807) is 52.0 Å². The van der Waals surface area contributed by atoms with Crippen LogP contribution in [0.15, 0.2) is 28.7 Å². The molecule has 1 aromatic rings. The van der Waals surface area contributed by atoms with E-state index < -0.39 is 29.4 Å². The van der Waals surface area contributed by atoms with Crippen LogP contribution in [-0.2, 0) is 9.59 Å². The van der Waals surface area contributed by atoms with E-state index >= 15 is 0 Å². The second-order valence-corrected chi connectivity index (χ2v) is 6.78. The fraction of sp³-hybridized carbons (Fsp3) is 0.467. The highest BCUT2D eigenvalue weighted by atomic mass is 79.9. The lowest BCUT2D eigenvalue weighted by atomic mass is 9.86. The van der Waals surface area contributed by atoms with Crippen LogP contribution in [0, 0.1) is 5.41 Å². The van der Waals surface area contributed by atoms with Crippen LogP contribution >= 0.6 is 15.9 Å². The van der Waals surface area contributed by atoms with Crippen molar-refractivity contribution in [3.8, 4) is 5.75 Å². The van der Waals surface area contributed by atoms with Gasteiger partial charge >= 0.3 is 5.97 Å². The monoisotopic (exact) mass is 357 g/mol. The molecular weight excluding hydrogens is 338 g/mol. The average molecular weight is 358 g/mol. The predicted octanol–water partition coefficient (Wildman–Crippen LogP) is 2.83. The van der Waals surface area contributed by atoms with E-state index in [9.17, 15) is 14.7 Å². The number of benzene rings is 1. The van der Waals surface area contributed by atoms with Gasteiger partial charge in [-0.15, -0.1) is 0 Å². The van der Waals surface area contributed by atoms with Crippen molar-refractivity contribution in [3.63, 3.8) is 0 Å². The predicted molar refractivity (Wildman–Crippen MR) is 83.3 cm³/mol. The van der Waals surface area contributed by atoms with Gasteiger partial charge in [0.25, 0.3) is 5.91 Å². The molecule has 0 aromatic heterocycles. The smallest absolute Gasteiger partial charge is 0.326 e. The highest BCUT2D eigenvalue weighted by Gasteiger charge is 2.33. The summed E-state index contributed by atoms with van der Waals surface area (Å²) in [7, 11) is 0. The summed E-state index contributed by atoms with van der Waals surface area (Å²) in [6, 6.07) is 6.09. The number of nitrogens with one attached hydrogen (secondary N) is 1. The largest absolute Gasteiger partial charge is 0.481 e. The number of hydrogen-bond acceptors (Lipinski definition) is 3. The van der Waals surface area contributed by atoms with Crippen LogP contribution in [0.5, 0.6) is 5.75 Å². The summed E-state index contributed by atoms with van der Waals surface area (Å²) in [5.74, 6) is -0.976. The van der Waals surface area contributed by atoms with Gasteiger partial charge in [-0.05, 0) is 36.6 Å². The Balaban J connectivity index is 2.69. The van der Waals surface area contributed by atoms with Gasteiger partial charge in [0.05, 0.1) is 0 Å². The van der Waals surface area contributed by atoms with Crippen LogP contribution in [0.3, 0.4) is 0 Å². The van der Waals surface area contributed by atoms with E-state index in [4.69, 9.17) is 4.74 Å². The van der Waals surface area contributed by atoms with Gasteiger partial charge in [0.1, 0.15) is 11.8 Å². The molecule has 0 fully saturated rings. The molecular formula is C15H20BrNO4. The maximum Gasteiger partial charge on any atom is 0.326 e. The van der Waals surface area contributed by atoms with Gasteiger partial charge in [0.15, 0.2) is 6.10 Å². The molecule has 0 radical (unpaired) electrons. The van der Waals surface area contributed by atoms with Gasteiger partial charge < -0.3 is 15.2 Å². The molecule has 0 aliphatic carbocycles. The Bertz CT molecular complexity index is 507. The molecule has 2 atom stereocenters. The topological polar surface area (TPSA) is 75.6 Å². The van der Waals surface area contributed by atoms with Crippen molar-refractivity contribution in [2.45, 2.75) is 39.8 Å². The van der Waals surface area contributed by atoms with Crippen molar-refractivity contribution in [1.82, 2.24) is 5.32 Å². The highest BCUT2D eigenvalue weighted by molar-refractivity contribution is 9.10. The van der Waals surface area contributed by atoms with Gasteiger partial charge in [0.2, 0.25) is 0 Å². The quantitative estimate of drug-likeness (QED) is 0.849. The van der Waals surface area contributed by atoms with Crippen LogP contribution in [-0.4, -0.2) is 29.1 Å². The second kappa shape index (κ2) is 6.93. The Morgan fingerprint density at radius 2 is 1.76 bits per heavy atom. The minimum atomic E-state index is -1.06. The number of amides is 1. The summed E-state index contributed by atoms with van der Waals surface area (Å²) in [4.78, 5) is 23.3. The minimum Gasteiger partial charge on any atom is -0.481 e. The van der Waals surface area contributed by atoms with Crippen molar-refractivity contribution in [3.05, 3.63) is 28.7 Å². The number of carboxylic acids is 1. The molecule has 1 unspecified atom stereocenters. The van der Waals surface area contributed by atoms with Gasteiger partial charge in [-0.3, -0.25) is 4.79 Å². The van der Waals surface area contributed by atoms with Crippen LogP contribution < -0.4 is 10.1 Å². The van der Waals surface area contributed by atoms with E-state index in [1.165, 1.54) is 0 Å². The summed E-state index contributed by atoms with van der Waals surface area (Å²) >= 11 is 3.31. The normalized spacial score (nSPS) is 14.1. The number of carbonyl (C=O) groups is 2. The lowest BCUT2D eigenvalue weighted by Crippen LogP contribution is -2.52. The Morgan fingerprint density at radius 3 is 2.19 bits per heavy atom. The number of aliphatic carboxylic acids is 1. The van der Waals surface area contributed by atoms with Gasteiger partial charge in [-0.1, -0.05) is 36.7 Å². The summed E-state index contributed by atoms with van der Waals surface area (Å²) in [5.41, 5.74) is -0.584. The molecule has 0 bridgehead atoms. The fourth-order valence-corrected chi connectivity index (χ4v) is 1.94. The number of carboxylic acid groups (broad SMARTS) is 1. The molecule has 5 nitrogen and oxygen atoms in total. The summed E-state index contributed by atoms with van der Waals surface area (Å²) in [5, 5.41) is 11.7. The second-order valence-electron chi connectivity index (χ2n) is 5.86. The first kappa shape index (κ1) is 17.5. The molecule has 116 valence electrons. The number of rotatable bonds is 5. The first-order valence-electron chi connectivity index (χ1n) is 6.56. The average Bonchev–Trinajstić information content (AvgIpc) is 2.36. The molecule has 0 heterocycles. The third-order valence-corrected chi connectivity index (χ3v) is 3.42. The summed E-state index contributed by atoms with van der Waals surface area (Å²) < 4.78 is 6.41. The maximum atomic E-state index is 12.1. The molecule has 0 saturated heterocycles. The van der Waals surface area contributed by atoms with Crippen LogP contribution in [0.1, 0.15) is 27.7 Å². The standard InChI is InChI=1S/C15H20BrNO4/c1-9(21-11-7-5-10(16)6-8-11)13(18)17-12(14(19)20)15(2,3)4/h5-9,12H,1-4H3,(H,17,18)(H,19,20)/t9?,12-/m1/s1. The molecule has 1 amide bonds. The van der Waals surface area contributed by atoms with Crippen LogP contribution in [0.4, 0.5) is 0 Å². The molecule has 1 aromatic carbocycles. The third-order valence-electron chi connectivity index (χ3n) is 2.90. The summed E-state index contributed by atoms with van der Waals surface area (Å²) in [6.45, 7) is 6.85. The van der Waals surface area contributed by atoms with Crippen molar-refractivity contribution >= 4 is 27.8 Å². The number of ether oxygens (including phenoxy) is 1. The zero-order valence-electron chi connectivity index (χ0n) is 12.5. The number of carbonyl (C=O) groups excluding carboxylic acids is 1. The highest BCUT2D eigenvalue weighted by Crippen LogP contribution is 2.20. The van der Waals surface area contributed by atoms with E-state index in [0.29, 0.717) is 5.75 Å². The lowest BCUT2D eigenvalue weighted by molar-refractivity contribution is -0.146. The number of hydrogen-bond donors (Lipinski definition) is 2. The third kappa shape index (κ3) is 5.38. The Labute approximate surface area is 132 Å². The maximum absolute atomic E-state index is 12.1. The van der Waals surface area contributed by atoms with Gasteiger partial charge in [-0.25, -0.2) is 4.79 Å². The Morgan fingerprint density at radius 1 is 1.24 bits per heavy atom. The SMILES string of the molecule is CC(Oc1ccc(Br)cc1)C(=O)N[C@H](C(=O)O)C(C)(C)C. The molecule has 0 aliphatic rings. The van der Waals surface area contributed by atoms with E-state index in [0.717, 1.165) is 4.47 Å². The van der Waals surface area contributed by atoms with Crippen molar-refractivity contribution < 1.29 is 19.4 Å². The zero-order chi connectivity index (χ0) is 16.2. The molecule has 6 heteroatoms. The molecule has 21 heavy (non-hydrogen) atoms. The van der Waals surface area contributed by atoms with Crippen molar-refractivity contribution in [2.75, 3.05) is 0 Å². The van der Waals surface area contributed by atoms with E-state index in [1.807, 2.05) is 0 Å². The van der Waals surface area contributed by atoms with Gasteiger partial charge in [-0.2, -0.15) is 0 Å². The van der Waals surface area contributed by atoms with Crippen LogP contribution in [0.2, 0.25) is 0 Å². The molecule has 2 N–H and O–H groups in total. The number of halogens is 1. The molecule has 0 aliphatic heterocycles. The first-order valence-corrected chi connectivity index (χ1v) is 7.36. The Kier molecular flexibility index (Phi) is 5.78. The first-order chi connectivity index (χ1) is 9.61. The van der Waals surface area contributed by atoms with Crippen molar-refractivity contribution in [1.29, 1.82) is 0 Å². The van der Waals surface area contributed by atoms with Crippen molar-refractivity contribution in [2.24, 2.45) is 5.41 Å². The summed E-state index contributed by atoms with van der Waals surface area (Å²) in [6.07, 6.45) is -0.782. The minimum absolute atomic E-state index is 0.458. The van der Waals surface area contributed by atoms with E-state index in [2.05, 4.69) is 21.2 Å². The van der Waals surface area contributed by atoms with Crippen LogP contribution in [0.25, 0.3) is 0 Å². The fourth-order valence-electron chi connectivity index (χ4n) is 1.68. The van der Waals surface area contributed by atoms with Gasteiger partial charge in [0, 0.05) is 4.47 Å². The molecule has 0 spiro atoms. The lowest BCUT2D eigenvalue weighted by Gasteiger charge is -2.28. The molecule has 1 rings (SSSR count). The van der Waals surface area contributed by atoms with E-state index in [-0.39, 0.29) is 0 Å². The molecule has 0 saturated carbocycles. The Hall–Kier alpha value is -1.56.